The second-order valence-electron chi connectivity index (χ2n) is 9.57. The molecule has 0 saturated carbocycles. The highest BCUT2D eigenvalue weighted by molar-refractivity contribution is 5.65. The Morgan fingerprint density at radius 3 is 2.05 bits per heavy atom. The number of fused-ring (bicyclic) bond motifs is 1. The van der Waals surface area contributed by atoms with Crippen molar-refractivity contribution in [3.8, 4) is 22.8 Å². The van der Waals surface area contributed by atoms with Crippen LogP contribution in [-0.2, 0) is 18.4 Å². The van der Waals surface area contributed by atoms with E-state index in [0.29, 0.717) is 47.6 Å². The summed E-state index contributed by atoms with van der Waals surface area (Å²) in [4.78, 5) is 6.64. The van der Waals surface area contributed by atoms with E-state index < -0.39 is 23.5 Å². The molecule has 39 heavy (non-hydrogen) atoms. The van der Waals surface area contributed by atoms with Gasteiger partial charge in [0.1, 0.15) is 0 Å². The molecule has 1 aliphatic rings. The molecule has 10 heteroatoms. The van der Waals surface area contributed by atoms with Gasteiger partial charge in [0.15, 0.2) is 5.76 Å². The smallest absolute Gasteiger partial charge is 0.430 e. The Labute approximate surface area is 220 Å². The van der Waals surface area contributed by atoms with Gasteiger partial charge >= 0.3 is 12.4 Å². The molecule has 0 fully saturated rings. The van der Waals surface area contributed by atoms with E-state index in [0.717, 1.165) is 17.2 Å². The molecule has 0 radical (unpaired) electrons. The number of aliphatic hydroxyl groups is 1. The van der Waals surface area contributed by atoms with E-state index in [2.05, 4.69) is 0 Å². The zero-order chi connectivity index (χ0) is 28.0. The van der Waals surface area contributed by atoms with Gasteiger partial charge in [0.25, 0.3) is 5.60 Å². The van der Waals surface area contributed by atoms with Gasteiger partial charge in [-0.05, 0) is 37.1 Å². The minimum Gasteiger partial charge on any atom is -0.436 e. The van der Waals surface area contributed by atoms with E-state index >= 15 is 0 Å². The lowest BCUT2D eigenvalue weighted by Gasteiger charge is -2.33. The number of hydrogen-bond donors (Lipinski definition) is 1. The Morgan fingerprint density at radius 2 is 1.46 bits per heavy atom. The summed E-state index contributed by atoms with van der Waals surface area (Å²) in [5, 5.41) is 9.82. The maximum Gasteiger partial charge on any atom is 0.430 e. The highest BCUT2D eigenvalue weighted by Gasteiger charge is 2.71. The van der Waals surface area contributed by atoms with Crippen LogP contribution in [0.1, 0.15) is 23.7 Å². The molecule has 0 aliphatic carbocycles. The van der Waals surface area contributed by atoms with Crippen molar-refractivity contribution in [1.82, 2.24) is 4.98 Å². The number of nitrogens with zero attached hydrogens (tertiary/aromatic N) is 2. The third-order valence-electron chi connectivity index (χ3n) is 7.02. The Hall–Kier alpha value is -3.79. The van der Waals surface area contributed by atoms with Crippen molar-refractivity contribution in [2.45, 2.75) is 43.8 Å². The van der Waals surface area contributed by atoms with Gasteiger partial charge in [0.05, 0.1) is 5.69 Å². The van der Waals surface area contributed by atoms with Crippen molar-refractivity contribution in [2.24, 2.45) is 0 Å². The van der Waals surface area contributed by atoms with Gasteiger partial charge in [-0.2, -0.15) is 26.3 Å². The van der Waals surface area contributed by atoms with Crippen molar-refractivity contribution in [3.05, 3.63) is 95.7 Å². The first-order chi connectivity index (χ1) is 18.4. The van der Waals surface area contributed by atoms with E-state index in [9.17, 15) is 31.4 Å². The Balaban J connectivity index is 1.45. The molecule has 0 spiro atoms. The summed E-state index contributed by atoms with van der Waals surface area (Å²) in [6, 6.07) is 21.4. The molecule has 1 atom stereocenters. The van der Waals surface area contributed by atoms with E-state index in [1.54, 1.807) is 0 Å². The average Bonchev–Trinajstić information content (AvgIpc) is 3.46. The van der Waals surface area contributed by atoms with E-state index in [4.69, 9.17) is 9.40 Å². The van der Waals surface area contributed by atoms with Gasteiger partial charge in [-0.15, -0.1) is 0 Å². The van der Waals surface area contributed by atoms with Gasteiger partial charge in [0.2, 0.25) is 5.89 Å². The SMILES string of the molecule is CC1Cc2cc(C(O)(C(F)(F)F)C(F)(F)F)ccc2N1CCc1nc(-c2ccccc2)oc1-c1ccccc1. The van der Waals surface area contributed by atoms with Crippen molar-refractivity contribution >= 4 is 5.69 Å². The molecule has 2 heterocycles. The van der Waals surface area contributed by atoms with Crippen LogP contribution in [0.3, 0.4) is 0 Å². The van der Waals surface area contributed by atoms with Crippen LogP contribution >= 0.6 is 0 Å². The second kappa shape index (κ2) is 9.75. The summed E-state index contributed by atoms with van der Waals surface area (Å²) >= 11 is 0. The summed E-state index contributed by atoms with van der Waals surface area (Å²) in [5.74, 6) is 1.04. The first-order valence-electron chi connectivity index (χ1n) is 12.3. The molecular weight excluding hydrogens is 522 g/mol. The standard InChI is InChI=1S/C29H24F6N2O2/c1-18-16-21-17-22(27(38,28(30,31)32)29(33,34)35)12-13-24(21)37(18)15-14-23-25(19-8-4-2-5-9-19)39-26(36-23)20-10-6-3-7-11-20/h2-13,17-18,38H,14-16H2,1H3. The molecule has 5 rings (SSSR count). The number of halogens is 6. The van der Waals surface area contributed by atoms with Gasteiger partial charge < -0.3 is 14.4 Å². The Kier molecular flexibility index (Phi) is 6.70. The van der Waals surface area contributed by atoms with Crippen molar-refractivity contribution in [1.29, 1.82) is 0 Å². The third-order valence-corrected chi connectivity index (χ3v) is 7.02. The van der Waals surface area contributed by atoms with Crippen LogP contribution in [0, 0.1) is 0 Å². The zero-order valence-corrected chi connectivity index (χ0v) is 20.7. The second-order valence-corrected chi connectivity index (χ2v) is 9.57. The minimum absolute atomic E-state index is 0.194. The molecule has 0 bridgehead atoms. The molecule has 4 aromatic rings. The zero-order valence-electron chi connectivity index (χ0n) is 20.7. The molecule has 3 aromatic carbocycles. The first kappa shape index (κ1) is 26.8. The molecule has 1 aliphatic heterocycles. The van der Waals surface area contributed by atoms with Gasteiger partial charge in [0, 0.05) is 41.4 Å². The van der Waals surface area contributed by atoms with Crippen molar-refractivity contribution < 1.29 is 35.9 Å². The maximum atomic E-state index is 13.4. The van der Waals surface area contributed by atoms with Crippen LogP contribution in [0.2, 0.25) is 0 Å². The van der Waals surface area contributed by atoms with Gasteiger partial charge in [-0.25, -0.2) is 4.98 Å². The lowest BCUT2D eigenvalue weighted by molar-refractivity contribution is -0.376. The van der Waals surface area contributed by atoms with Crippen LogP contribution in [0.25, 0.3) is 22.8 Å². The van der Waals surface area contributed by atoms with E-state index in [-0.39, 0.29) is 12.5 Å². The number of rotatable bonds is 6. The summed E-state index contributed by atoms with van der Waals surface area (Å²) < 4.78 is 86.6. The number of aromatic nitrogens is 1. The number of anilines is 1. The quantitative estimate of drug-likeness (QED) is 0.258. The molecule has 4 nitrogen and oxygen atoms in total. The van der Waals surface area contributed by atoms with E-state index in [1.165, 1.54) is 6.07 Å². The molecule has 1 aromatic heterocycles. The predicted octanol–water partition coefficient (Wildman–Crippen LogP) is 7.31. The largest absolute Gasteiger partial charge is 0.436 e. The van der Waals surface area contributed by atoms with Crippen LogP contribution < -0.4 is 4.90 Å². The number of hydrogen-bond acceptors (Lipinski definition) is 4. The average molecular weight is 547 g/mol. The lowest BCUT2D eigenvalue weighted by Crippen LogP contribution is -2.53. The first-order valence-corrected chi connectivity index (χ1v) is 12.3. The third kappa shape index (κ3) is 4.78. The topological polar surface area (TPSA) is 49.5 Å². The van der Waals surface area contributed by atoms with E-state index in [1.807, 2.05) is 72.5 Å². The van der Waals surface area contributed by atoms with Crippen molar-refractivity contribution in [2.75, 3.05) is 11.4 Å². The highest BCUT2D eigenvalue weighted by atomic mass is 19.4. The van der Waals surface area contributed by atoms with Crippen LogP contribution in [-0.4, -0.2) is 35.0 Å². The minimum atomic E-state index is -5.93. The van der Waals surface area contributed by atoms with Gasteiger partial charge in [-0.3, -0.25) is 0 Å². The molecule has 0 amide bonds. The highest BCUT2D eigenvalue weighted by Crippen LogP contribution is 2.51. The predicted molar refractivity (Wildman–Crippen MR) is 134 cm³/mol. The Morgan fingerprint density at radius 1 is 0.872 bits per heavy atom. The summed E-state index contributed by atoms with van der Waals surface area (Å²) in [5.41, 5.74) is -3.06. The normalized spacial score (nSPS) is 16.0. The van der Waals surface area contributed by atoms with Gasteiger partial charge in [-0.1, -0.05) is 60.7 Å². The molecular formula is C29H24F6N2O2. The number of alkyl halides is 6. The lowest BCUT2D eigenvalue weighted by atomic mass is 9.90. The monoisotopic (exact) mass is 546 g/mol. The Bertz CT molecular complexity index is 1430. The van der Waals surface area contributed by atoms with Crippen LogP contribution in [0.5, 0.6) is 0 Å². The number of benzene rings is 3. The van der Waals surface area contributed by atoms with Crippen LogP contribution in [0.15, 0.2) is 83.3 Å². The fourth-order valence-electron chi connectivity index (χ4n) is 5.02. The number of oxazole rings is 1. The van der Waals surface area contributed by atoms with Crippen molar-refractivity contribution in [3.63, 3.8) is 0 Å². The maximum absolute atomic E-state index is 13.4. The summed E-state index contributed by atoms with van der Waals surface area (Å²) in [6.45, 7) is 2.24. The molecule has 1 N–H and O–H groups in total. The molecule has 1 unspecified atom stereocenters. The summed E-state index contributed by atoms with van der Waals surface area (Å²) in [7, 11) is 0. The molecule has 204 valence electrons. The summed E-state index contributed by atoms with van der Waals surface area (Å²) in [6.07, 6.45) is -11.2. The van der Waals surface area contributed by atoms with Crippen LogP contribution in [0.4, 0.5) is 32.0 Å². The molecule has 0 saturated heterocycles. The fourth-order valence-corrected chi connectivity index (χ4v) is 5.02. The fraction of sp³-hybridized carbons (Fsp3) is 0.276.